The molecule has 26 heavy (non-hydrogen) atoms. The first-order chi connectivity index (χ1) is 12.5. The highest BCUT2D eigenvalue weighted by Gasteiger charge is 2.14. The quantitative estimate of drug-likeness (QED) is 0.696. The molecule has 0 radical (unpaired) electrons. The van der Waals surface area contributed by atoms with E-state index >= 15 is 0 Å². The second kappa shape index (κ2) is 7.63. The van der Waals surface area contributed by atoms with Crippen molar-refractivity contribution in [1.29, 1.82) is 0 Å². The fourth-order valence-electron chi connectivity index (χ4n) is 2.43. The summed E-state index contributed by atoms with van der Waals surface area (Å²) in [5.41, 5.74) is 2.74. The molecule has 3 aromatic rings. The fourth-order valence-corrected chi connectivity index (χ4v) is 3.49. The normalized spacial score (nSPS) is 11.3. The molecule has 134 valence electrons. The topological polar surface area (TPSA) is 79.3 Å². The van der Waals surface area contributed by atoms with Crippen molar-refractivity contribution in [2.24, 2.45) is 0 Å². The number of nitrogens with zero attached hydrogens (tertiary/aromatic N) is 1. The Morgan fingerprint density at radius 2 is 1.65 bits per heavy atom. The molecule has 1 aromatic heterocycles. The minimum absolute atomic E-state index is 0.0126. The molecule has 0 aliphatic rings. The summed E-state index contributed by atoms with van der Waals surface area (Å²) >= 11 is 0. The fraction of sp³-hybridized carbons (Fsp3) is 0.105. The highest BCUT2D eigenvalue weighted by Crippen LogP contribution is 2.22. The van der Waals surface area contributed by atoms with Gasteiger partial charge in [0.25, 0.3) is 10.0 Å². The smallest absolute Gasteiger partial charge is 0.261 e. The second-order valence-corrected chi connectivity index (χ2v) is 7.31. The Morgan fingerprint density at radius 3 is 2.31 bits per heavy atom. The van der Waals surface area contributed by atoms with Crippen LogP contribution in [0.25, 0.3) is 11.3 Å². The first-order valence-corrected chi connectivity index (χ1v) is 9.42. The van der Waals surface area contributed by atoms with Gasteiger partial charge in [-0.15, -0.1) is 0 Å². The van der Waals surface area contributed by atoms with Crippen LogP contribution in [0.4, 0.5) is 10.1 Å². The van der Waals surface area contributed by atoms with Crippen molar-refractivity contribution in [2.75, 3.05) is 11.3 Å². The van der Waals surface area contributed by atoms with E-state index in [1.807, 2.05) is 18.2 Å². The first-order valence-electron chi connectivity index (χ1n) is 7.93. The number of aliphatic hydroxyl groups is 1. The lowest BCUT2D eigenvalue weighted by atomic mass is 10.1. The van der Waals surface area contributed by atoms with E-state index < -0.39 is 15.8 Å². The van der Waals surface area contributed by atoms with Crippen LogP contribution in [0.2, 0.25) is 0 Å². The van der Waals surface area contributed by atoms with Crippen LogP contribution < -0.4 is 4.72 Å². The molecule has 0 unspecified atom stereocenters. The summed E-state index contributed by atoms with van der Waals surface area (Å²) in [5.74, 6) is -0.496. The number of benzene rings is 2. The van der Waals surface area contributed by atoms with Gasteiger partial charge in [0.2, 0.25) is 0 Å². The summed E-state index contributed by atoms with van der Waals surface area (Å²) in [5, 5.41) is 9.01. The lowest BCUT2D eigenvalue weighted by Crippen LogP contribution is -2.12. The van der Waals surface area contributed by atoms with Crippen LogP contribution in [0.5, 0.6) is 0 Å². The number of aliphatic hydroxyl groups excluding tert-OH is 1. The summed E-state index contributed by atoms with van der Waals surface area (Å²) in [7, 11) is -3.78. The Morgan fingerprint density at radius 1 is 0.962 bits per heavy atom. The van der Waals surface area contributed by atoms with Gasteiger partial charge < -0.3 is 5.11 Å². The molecule has 0 amide bonds. The van der Waals surface area contributed by atoms with E-state index in [1.165, 1.54) is 12.1 Å². The lowest BCUT2D eigenvalue weighted by Gasteiger charge is -2.09. The van der Waals surface area contributed by atoms with Crippen LogP contribution in [0.3, 0.4) is 0 Å². The number of halogens is 1. The number of hydrogen-bond donors (Lipinski definition) is 2. The third-order valence-corrected chi connectivity index (χ3v) is 5.13. The number of pyridine rings is 1. The summed E-state index contributed by atoms with van der Waals surface area (Å²) in [6.07, 6.45) is 0.476. The Kier molecular flexibility index (Phi) is 5.29. The van der Waals surface area contributed by atoms with Gasteiger partial charge in [0.1, 0.15) is 5.82 Å². The largest absolute Gasteiger partial charge is 0.396 e. The van der Waals surface area contributed by atoms with Gasteiger partial charge in [0.05, 0.1) is 10.6 Å². The highest BCUT2D eigenvalue weighted by atomic mass is 32.2. The second-order valence-electron chi connectivity index (χ2n) is 5.62. The standard InChI is InChI=1S/C19H17FN2O3S/c20-15-6-10-18(11-7-15)26(24,25)22-17-8-4-14(5-9-17)19-3-1-2-16(21-19)12-13-23/h1-11,22-23H,12-13H2. The van der Waals surface area contributed by atoms with Gasteiger partial charge in [-0.1, -0.05) is 18.2 Å². The number of sulfonamides is 1. The number of anilines is 1. The van der Waals surface area contributed by atoms with Crippen molar-refractivity contribution >= 4 is 15.7 Å². The molecule has 0 spiro atoms. The number of aromatic nitrogens is 1. The van der Waals surface area contributed by atoms with Gasteiger partial charge >= 0.3 is 0 Å². The van der Waals surface area contributed by atoms with Crippen molar-refractivity contribution in [2.45, 2.75) is 11.3 Å². The maximum Gasteiger partial charge on any atom is 0.261 e. The maximum atomic E-state index is 12.9. The van der Waals surface area contributed by atoms with Crippen molar-refractivity contribution in [3.63, 3.8) is 0 Å². The molecule has 2 N–H and O–H groups in total. The van der Waals surface area contributed by atoms with E-state index in [9.17, 15) is 12.8 Å². The minimum Gasteiger partial charge on any atom is -0.396 e. The van der Waals surface area contributed by atoms with Crippen LogP contribution >= 0.6 is 0 Å². The summed E-state index contributed by atoms with van der Waals surface area (Å²) < 4.78 is 40.0. The van der Waals surface area contributed by atoms with Crippen LogP contribution in [-0.2, 0) is 16.4 Å². The highest BCUT2D eigenvalue weighted by molar-refractivity contribution is 7.92. The van der Waals surface area contributed by atoms with Crippen molar-refractivity contribution < 1.29 is 17.9 Å². The van der Waals surface area contributed by atoms with Crippen molar-refractivity contribution in [3.8, 4) is 11.3 Å². The van der Waals surface area contributed by atoms with Crippen molar-refractivity contribution in [1.82, 2.24) is 4.98 Å². The molecule has 7 heteroatoms. The molecule has 0 atom stereocenters. The molecule has 0 aliphatic carbocycles. The molecule has 0 fully saturated rings. The molecule has 3 rings (SSSR count). The Labute approximate surface area is 151 Å². The zero-order chi connectivity index (χ0) is 18.6. The van der Waals surface area contributed by atoms with E-state index in [4.69, 9.17) is 5.11 Å². The third-order valence-electron chi connectivity index (χ3n) is 3.73. The molecule has 0 saturated heterocycles. The summed E-state index contributed by atoms with van der Waals surface area (Å²) in [6, 6.07) is 17.0. The van der Waals surface area contributed by atoms with Gasteiger partial charge in [-0.3, -0.25) is 9.71 Å². The summed E-state index contributed by atoms with van der Waals surface area (Å²) in [6.45, 7) is 0.0283. The van der Waals surface area contributed by atoms with E-state index in [0.29, 0.717) is 12.1 Å². The third kappa shape index (κ3) is 4.25. The van der Waals surface area contributed by atoms with E-state index in [-0.39, 0.29) is 11.5 Å². The molecule has 0 saturated carbocycles. The SMILES string of the molecule is O=S(=O)(Nc1ccc(-c2cccc(CCO)n2)cc1)c1ccc(F)cc1. The molecular formula is C19H17FN2O3S. The van der Waals surface area contributed by atoms with Crippen LogP contribution in [0.1, 0.15) is 5.69 Å². The molecule has 5 nitrogen and oxygen atoms in total. The zero-order valence-electron chi connectivity index (χ0n) is 13.8. The Bertz CT molecular complexity index is 988. The molecule has 0 aliphatic heterocycles. The van der Waals surface area contributed by atoms with Gasteiger partial charge in [0, 0.05) is 30.0 Å². The van der Waals surface area contributed by atoms with Crippen LogP contribution in [0, 0.1) is 5.82 Å². The van der Waals surface area contributed by atoms with Gasteiger partial charge in [-0.25, -0.2) is 12.8 Å². The van der Waals surface area contributed by atoms with Gasteiger partial charge in [0.15, 0.2) is 0 Å². The van der Waals surface area contributed by atoms with E-state index in [1.54, 1.807) is 24.3 Å². The predicted molar refractivity (Wildman–Crippen MR) is 97.7 cm³/mol. The van der Waals surface area contributed by atoms with Gasteiger partial charge in [-0.05, 0) is 48.5 Å². The monoisotopic (exact) mass is 372 g/mol. The maximum absolute atomic E-state index is 12.9. The Balaban J connectivity index is 1.79. The predicted octanol–water partition coefficient (Wildman–Crippen LogP) is 3.22. The Hall–Kier alpha value is -2.77. The van der Waals surface area contributed by atoms with Crippen LogP contribution in [-0.4, -0.2) is 25.1 Å². The molecule has 1 heterocycles. The first kappa shape index (κ1) is 18.0. The van der Waals surface area contributed by atoms with Crippen molar-refractivity contribution in [3.05, 3.63) is 78.2 Å². The van der Waals surface area contributed by atoms with E-state index in [0.717, 1.165) is 29.1 Å². The van der Waals surface area contributed by atoms with Gasteiger partial charge in [-0.2, -0.15) is 0 Å². The average Bonchev–Trinajstić information content (AvgIpc) is 2.63. The zero-order valence-corrected chi connectivity index (χ0v) is 14.6. The molecule has 2 aromatic carbocycles. The minimum atomic E-state index is -3.78. The number of rotatable bonds is 6. The number of hydrogen-bond acceptors (Lipinski definition) is 4. The molecule has 0 bridgehead atoms. The summed E-state index contributed by atoms with van der Waals surface area (Å²) in [4.78, 5) is 4.45. The average molecular weight is 372 g/mol. The molecular weight excluding hydrogens is 355 g/mol. The lowest BCUT2D eigenvalue weighted by molar-refractivity contribution is 0.298. The van der Waals surface area contributed by atoms with Crippen LogP contribution in [0.15, 0.2) is 71.6 Å². The number of nitrogens with one attached hydrogen (secondary N) is 1. The van der Waals surface area contributed by atoms with E-state index in [2.05, 4.69) is 9.71 Å².